The zero-order chi connectivity index (χ0) is 11.1. The van der Waals surface area contributed by atoms with E-state index in [0.29, 0.717) is 25.2 Å². The third-order valence-corrected chi connectivity index (χ3v) is 3.15. The van der Waals surface area contributed by atoms with E-state index in [4.69, 9.17) is 16.3 Å². The van der Waals surface area contributed by atoms with Crippen LogP contribution < -0.4 is 5.32 Å². The monoisotopic (exact) mass is 233 g/mol. The maximum absolute atomic E-state index is 10.8. The molecule has 1 N–H and O–H groups in total. The first kappa shape index (κ1) is 12.8. The SMILES string of the molecule is C[C@@H]1CCCC[C@H]1OCCNC(=O)CCl. The van der Waals surface area contributed by atoms with Gasteiger partial charge >= 0.3 is 0 Å². The van der Waals surface area contributed by atoms with Crippen LogP contribution in [0, 0.1) is 5.92 Å². The molecular formula is C11H20ClNO2. The van der Waals surface area contributed by atoms with Gasteiger partial charge in [-0.05, 0) is 18.8 Å². The van der Waals surface area contributed by atoms with Crippen LogP contribution in [-0.2, 0) is 9.53 Å². The highest BCUT2D eigenvalue weighted by Crippen LogP contribution is 2.25. The topological polar surface area (TPSA) is 38.3 Å². The lowest BCUT2D eigenvalue weighted by Crippen LogP contribution is -2.32. The first-order valence-electron chi connectivity index (χ1n) is 5.68. The second-order valence-electron chi connectivity index (χ2n) is 4.15. The highest BCUT2D eigenvalue weighted by Gasteiger charge is 2.21. The number of halogens is 1. The molecule has 0 aromatic rings. The van der Waals surface area contributed by atoms with Gasteiger partial charge in [0, 0.05) is 6.54 Å². The highest BCUT2D eigenvalue weighted by atomic mass is 35.5. The summed E-state index contributed by atoms with van der Waals surface area (Å²) in [6, 6.07) is 0. The van der Waals surface area contributed by atoms with Crippen LogP contribution in [0.3, 0.4) is 0 Å². The Bertz CT molecular complexity index is 199. The van der Waals surface area contributed by atoms with Crippen LogP contribution in [0.4, 0.5) is 0 Å². The lowest BCUT2D eigenvalue weighted by atomic mass is 9.88. The van der Waals surface area contributed by atoms with E-state index in [1.54, 1.807) is 0 Å². The Hall–Kier alpha value is -0.280. The molecule has 1 aliphatic carbocycles. The van der Waals surface area contributed by atoms with Gasteiger partial charge in [0.15, 0.2) is 0 Å². The van der Waals surface area contributed by atoms with Crippen LogP contribution in [0.15, 0.2) is 0 Å². The molecule has 0 saturated heterocycles. The average molecular weight is 234 g/mol. The quantitative estimate of drug-likeness (QED) is 0.582. The minimum absolute atomic E-state index is 0.0276. The van der Waals surface area contributed by atoms with Crippen molar-refractivity contribution in [3.63, 3.8) is 0 Å². The number of carbonyl (C=O) groups is 1. The molecule has 3 nitrogen and oxygen atoms in total. The normalized spacial score (nSPS) is 26.3. The summed E-state index contributed by atoms with van der Waals surface area (Å²) >= 11 is 5.35. The second-order valence-corrected chi connectivity index (χ2v) is 4.42. The molecule has 0 aliphatic heterocycles. The van der Waals surface area contributed by atoms with Gasteiger partial charge in [0.2, 0.25) is 5.91 Å². The van der Waals surface area contributed by atoms with Crippen LogP contribution in [0.2, 0.25) is 0 Å². The van der Waals surface area contributed by atoms with E-state index < -0.39 is 0 Å². The molecule has 0 aromatic carbocycles. The van der Waals surface area contributed by atoms with Crippen molar-refractivity contribution in [3.8, 4) is 0 Å². The third-order valence-electron chi connectivity index (χ3n) is 2.91. The minimum atomic E-state index is -0.128. The van der Waals surface area contributed by atoms with Crippen molar-refractivity contribution in [2.24, 2.45) is 5.92 Å². The fraction of sp³-hybridized carbons (Fsp3) is 0.909. The van der Waals surface area contributed by atoms with E-state index in [-0.39, 0.29) is 11.8 Å². The average Bonchev–Trinajstić information content (AvgIpc) is 2.26. The molecule has 15 heavy (non-hydrogen) atoms. The molecule has 88 valence electrons. The van der Waals surface area contributed by atoms with Gasteiger partial charge in [-0.2, -0.15) is 0 Å². The molecule has 1 aliphatic rings. The van der Waals surface area contributed by atoms with Gasteiger partial charge in [-0.3, -0.25) is 4.79 Å². The third kappa shape index (κ3) is 4.85. The molecule has 0 spiro atoms. The largest absolute Gasteiger partial charge is 0.376 e. The van der Waals surface area contributed by atoms with Crippen LogP contribution >= 0.6 is 11.6 Å². The van der Waals surface area contributed by atoms with Crippen molar-refractivity contribution in [1.82, 2.24) is 5.32 Å². The van der Waals surface area contributed by atoms with E-state index >= 15 is 0 Å². The molecule has 0 heterocycles. The van der Waals surface area contributed by atoms with Gasteiger partial charge < -0.3 is 10.1 Å². The summed E-state index contributed by atoms with van der Waals surface area (Å²) in [5.41, 5.74) is 0. The minimum Gasteiger partial charge on any atom is -0.376 e. The number of nitrogens with one attached hydrogen (secondary N) is 1. The Labute approximate surface area is 96.5 Å². The predicted octanol–water partition coefficient (Wildman–Crippen LogP) is 1.94. The van der Waals surface area contributed by atoms with Gasteiger partial charge in [0.05, 0.1) is 12.7 Å². The van der Waals surface area contributed by atoms with E-state index in [1.807, 2.05) is 0 Å². The Morgan fingerprint density at radius 3 is 2.87 bits per heavy atom. The maximum Gasteiger partial charge on any atom is 0.235 e. The summed E-state index contributed by atoms with van der Waals surface area (Å²) in [5.74, 6) is 0.555. The fourth-order valence-electron chi connectivity index (χ4n) is 1.98. The molecule has 1 amide bonds. The second kappa shape index (κ2) is 7.07. The zero-order valence-corrected chi connectivity index (χ0v) is 10.1. The summed E-state index contributed by atoms with van der Waals surface area (Å²) in [6.45, 7) is 3.40. The first-order valence-corrected chi connectivity index (χ1v) is 6.21. The van der Waals surface area contributed by atoms with E-state index in [2.05, 4.69) is 12.2 Å². The van der Waals surface area contributed by atoms with Gasteiger partial charge in [-0.1, -0.05) is 19.8 Å². The highest BCUT2D eigenvalue weighted by molar-refractivity contribution is 6.27. The molecule has 0 unspecified atom stereocenters. The van der Waals surface area contributed by atoms with Crippen molar-refractivity contribution in [3.05, 3.63) is 0 Å². The number of amides is 1. The van der Waals surface area contributed by atoms with Crippen LogP contribution in [0.5, 0.6) is 0 Å². The fourth-order valence-corrected chi connectivity index (χ4v) is 2.07. The number of ether oxygens (including phenoxy) is 1. The van der Waals surface area contributed by atoms with Gasteiger partial charge in [0.1, 0.15) is 5.88 Å². The Morgan fingerprint density at radius 2 is 2.20 bits per heavy atom. The van der Waals surface area contributed by atoms with Gasteiger partial charge in [-0.25, -0.2) is 0 Å². The van der Waals surface area contributed by atoms with Gasteiger partial charge in [-0.15, -0.1) is 11.6 Å². The van der Waals surface area contributed by atoms with Crippen molar-refractivity contribution < 1.29 is 9.53 Å². The van der Waals surface area contributed by atoms with Crippen molar-refractivity contribution in [2.45, 2.75) is 38.7 Å². The number of alkyl halides is 1. The summed E-state index contributed by atoms with van der Waals surface area (Å²) < 4.78 is 5.73. The number of hydrogen-bond acceptors (Lipinski definition) is 2. The zero-order valence-electron chi connectivity index (χ0n) is 9.30. The van der Waals surface area contributed by atoms with E-state index in [9.17, 15) is 4.79 Å². The molecule has 1 rings (SSSR count). The van der Waals surface area contributed by atoms with E-state index in [0.717, 1.165) is 6.42 Å². The number of carbonyl (C=O) groups excluding carboxylic acids is 1. The van der Waals surface area contributed by atoms with Crippen molar-refractivity contribution in [2.75, 3.05) is 19.0 Å². The number of rotatable bonds is 5. The molecule has 0 radical (unpaired) electrons. The Balaban J connectivity index is 2.06. The van der Waals surface area contributed by atoms with Crippen molar-refractivity contribution in [1.29, 1.82) is 0 Å². The summed E-state index contributed by atoms with van der Waals surface area (Å²) in [6.07, 6.45) is 5.39. The van der Waals surface area contributed by atoms with Gasteiger partial charge in [0.25, 0.3) is 0 Å². The smallest absolute Gasteiger partial charge is 0.235 e. The van der Waals surface area contributed by atoms with E-state index in [1.165, 1.54) is 19.3 Å². The molecular weight excluding hydrogens is 214 g/mol. The summed E-state index contributed by atoms with van der Waals surface area (Å²) in [7, 11) is 0. The van der Waals surface area contributed by atoms with Crippen molar-refractivity contribution >= 4 is 17.5 Å². The standard InChI is InChI=1S/C11H20ClNO2/c1-9-4-2-3-5-10(9)15-7-6-13-11(14)8-12/h9-10H,2-8H2,1H3,(H,13,14)/t9-,10-/m1/s1. The predicted molar refractivity (Wildman–Crippen MR) is 61.1 cm³/mol. The Kier molecular flexibility index (Phi) is 6.03. The summed E-state index contributed by atoms with van der Waals surface area (Å²) in [5, 5.41) is 2.69. The molecule has 1 saturated carbocycles. The van der Waals surface area contributed by atoms with Crippen LogP contribution in [0.25, 0.3) is 0 Å². The lowest BCUT2D eigenvalue weighted by Gasteiger charge is -2.28. The molecule has 0 bridgehead atoms. The first-order chi connectivity index (χ1) is 7.24. The lowest BCUT2D eigenvalue weighted by molar-refractivity contribution is -0.119. The Morgan fingerprint density at radius 1 is 1.47 bits per heavy atom. The number of hydrogen-bond donors (Lipinski definition) is 1. The molecule has 2 atom stereocenters. The maximum atomic E-state index is 10.8. The molecule has 1 fully saturated rings. The molecule has 4 heteroatoms. The van der Waals surface area contributed by atoms with Crippen LogP contribution in [0.1, 0.15) is 32.6 Å². The molecule has 0 aromatic heterocycles. The van der Waals surface area contributed by atoms with Crippen LogP contribution in [-0.4, -0.2) is 31.0 Å². The summed E-state index contributed by atoms with van der Waals surface area (Å²) in [4.78, 5) is 10.8.